The third-order valence-corrected chi connectivity index (χ3v) is 3.46. The Bertz CT molecular complexity index is 699. The van der Waals surface area contributed by atoms with Gasteiger partial charge < -0.3 is 16.2 Å². The number of aromatic carboxylic acids is 1. The summed E-state index contributed by atoms with van der Waals surface area (Å²) in [7, 11) is 0. The molecule has 0 saturated heterocycles. The topological polar surface area (TPSA) is 105 Å². The zero-order valence-corrected chi connectivity index (χ0v) is 11.1. The van der Waals surface area contributed by atoms with Gasteiger partial charge in [0.05, 0.1) is 11.3 Å². The molecule has 0 spiro atoms. The summed E-state index contributed by atoms with van der Waals surface area (Å²) in [6, 6.07) is 3.34. The lowest BCUT2D eigenvalue weighted by atomic mass is 10.2. The van der Waals surface area contributed by atoms with Gasteiger partial charge in [0.15, 0.2) is 5.13 Å². The summed E-state index contributed by atoms with van der Waals surface area (Å²) in [4.78, 5) is 26.9. The van der Waals surface area contributed by atoms with Crippen molar-refractivity contribution in [3.05, 3.63) is 40.2 Å². The summed E-state index contributed by atoms with van der Waals surface area (Å²) in [5.41, 5.74) is 5.67. The number of amides is 1. The Hall–Kier alpha value is -2.48. The molecule has 0 saturated carbocycles. The predicted molar refractivity (Wildman–Crippen MR) is 72.6 cm³/mol. The average Bonchev–Trinajstić information content (AvgIpc) is 2.68. The van der Waals surface area contributed by atoms with E-state index in [0.717, 1.165) is 23.5 Å². The highest BCUT2D eigenvalue weighted by atomic mass is 32.1. The minimum absolute atomic E-state index is 0.156. The first kappa shape index (κ1) is 13.9. The van der Waals surface area contributed by atoms with E-state index in [9.17, 15) is 14.0 Å². The number of nitrogen functional groups attached to an aromatic ring is 1. The van der Waals surface area contributed by atoms with Gasteiger partial charge in [-0.05, 0) is 25.1 Å². The van der Waals surface area contributed by atoms with Gasteiger partial charge in [0.2, 0.25) is 0 Å². The zero-order chi connectivity index (χ0) is 14.9. The van der Waals surface area contributed by atoms with Gasteiger partial charge in [-0.15, -0.1) is 0 Å². The fourth-order valence-corrected chi connectivity index (χ4v) is 2.31. The molecule has 0 fully saturated rings. The molecule has 4 N–H and O–H groups in total. The second-order valence-corrected chi connectivity index (χ2v) is 4.95. The summed E-state index contributed by atoms with van der Waals surface area (Å²) >= 11 is 1.02. The summed E-state index contributed by atoms with van der Waals surface area (Å²) in [5.74, 6) is -2.76. The van der Waals surface area contributed by atoms with Gasteiger partial charge in [-0.3, -0.25) is 4.79 Å². The maximum Gasteiger partial charge on any atom is 0.338 e. The molecule has 0 aliphatic rings. The van der Waals surface area contributed by atoms with Crippen LogP contribution < -0.4 is 11.1 Å². The summed E-state index contributed by atoms with van der Waals surface area (Å²) in [5, 5.41) is 11.4. The number of carbonyl (C=O) groups is 2. The van der Waals surface area contributed by atoms with Crippen LogP contribution in [0.4, 0.5) is 15.2 Å². The van der Waals surface area contributed by atoms with Crippen molar-refractivity contribution in [2.75, 3.05) is 11.1 Å². The van der Waals surface area contributed by atoms with E-state index < -0.39 is 23.3 Å². The van der Waals surface area contributed by atoms with E-state index in [1.165, 1.54) is 6.07 Å². The number of hydrogen-bond acceptors (Lipinski definition) is 5. The fraction of sp³-hybridized carbons (Fsp3) is 0.0833. The molecular formula is C12H10FN3O3S. The fourth-order valence-electron chi connectivity index (χ4n) is 1.58. The number of benzene rings is 1. The van der Waals surface area contributed by atoms with Crippen molar-refractivity contribution in [3.8, 4) is 0 Å². The van der Waals surface area contributed by atoms with Gasteiger partial charge in [-0.1, -0.05) is 11.3 Å². The Balaban J connectivity index is 2.22. The van der Waals surface area contributed by atoms with Crippen LogP contribution in [0.3, 0.4) is 0 Å². The normalized spacial score (nSPS) is 10.3. The van der Waals surface area contributed by atoms with Crippen LogP contribution in [-0.4, -0.2) is 22.0 Å². The number of nitrogens with one attached hydrogen (secondary N) is 1. The summed E-state index contributed by atoms with van der Waals surface area (Å²) < 4.78 is 13.5. The van der Waals surface area contributed by atoms with Crippen molar-refractivity contribution in [2.45, 2.75) is 6.92 Å². The number of nitrogens with zero attached hydrogens (tertiary/aromatic N) is 1. The molecule has 0 unspecified atom stereocenters. The van der Waals surface area contributed by atoms with Gasteiger partial charge in [-0.25, -0.2) is 14.2 Å². The number of aromatic nitrogens is 1. The first-order chi connectivity index (χ1) is 9.38. The van der Waals surface area contributed by atoms with Crippen LogP contribution in [0.15, 0.2) is 18.2 Å². The van der Waals surface area contributed by atoms with E-state index in [4.69, 9.17) is 10.8 Å². The third-order valence-electron chi connectivity index (χ3n) is 2.48. The lowest BCUT2D eigenvalue weighted by Crippen LogP contribution is -2.12. The first-order valence-electron chi connectivity index (χ1n) is 5.45. The molecule has 0 bridgehead atoms. The standard InChI is InChI=1S/C12H10FN3O3S/c1-5-9(20-12(14)15-5)10(17)16-6-2-3-7(11(18)19)8(13)4-6/h2-4H,1H3,(H2,14,15)(H,16,17)(H,18,19). The number of carboxylic acids is 1. The highest BCUT2D eigenvalue weighted by Gasteiger charge is 2.16. The molecule has 0 radical (unpaired) electrons. The number of halogens is 1. The number of carboxylic acid groups (broad SMARTS) is 1. The second-order valence-electron chi connectivity index (χ2n) is 3.92. The third kappa shape index (κ3) is 2.75. The molecule has 8 heteroatoms. The van der Waals surface area contributed by atoms with Gasteiger partial charge in [-0.2, -0.15) is 0 Å². The van der Waals surface area contributed by atoms with Gasteiger partial charge in [0.1, 0.15) is 10.7 Å². The molecule has 1 amide bonds. The van der Waals surface area contributed by atoms with Crippen molar-refractivity contribution in [1.82, 2.24) is 4.98 Å². The lowest BCUT2D eigenvalue weighted by molar-refractivity contribution is 0.0692. The van der Waals surface area contributed by atoms with Crippen LogP contribution in [0.5, 0.6) is 0 Å². The average molecular weight is 295 g/mol. The maximum atomic E-state index is 13.5. The minimum atomic E-state index is -1.37. The molecule has 1 aromatic heterocycles. The van der Waals surface area contributed by atoms with E-state index >= 15 is 0 Å². The zero-order valence-electron chi connectivity index (χ0n) is 10.3. The van der Waals surface area contributed by atoms with E-state index in [2.05, 4.69) is 10.3 Å². The SMILES string of the molecule is Cc1nc(N)sc1C(=O)Nc1ccc(C(=O)O)c(F)c1. The van der Waals surface area contributed by atoms with Crippen LogP contribution in [0.25, 0.3) is 0 Å². The highest BCUT2D eigenvalue weighted by molar-refractivity contribution is 7.17. The summed E-state index contributed by atoms with van der Waals surface area (Å²) in [6.07, 6.45) is 0. The quantitative estimate of drug-likeness (QED) is 0.804. The molecule has 1 aromatic carbocycles. The van der Waals surface area contributed by atoms with Crippen molar-refractivity contribution in [2.24, 2.45) is 0 Å². The van der Waals surface area contributed by atoms with Crippen molar-refractivity contribution in [1.29, 1.82) is 0 Å². The molecule has 0 aliphatic carbocycles. The van der Waals surface area contributed by atoms with Crippen LogP contribution in [0, 0.1) is 12.7 Å². The van der Waals surface area contributed by atoms with Crippen LogP contribution in [0.1, 0.15) is 25.7 Å². The number of nitrogens with two attached hydrogens (primary N) is 1. The molecule has 0 aliphatic heterocycles. The number of aryl methyl sites for hydroxylation is 1. The van der Waals surface area contributed by atoms with Crippen molar-refractivity contribution in [3.63, 3.8) is 0 Å². The molecule has 6 nitrogen and oxygen atoms in total. The van der Waals surface area contributed by atoms with E-state index in [0.29, 0.717) is 10.6 Å². The molecule has 104 valence electrons. The largest absolute Gasteiger partial charge is 0.478 e. The van der Waals surface area contributed by atoms with Crippen molar-refractivity contribution < 1.29 is 19.1 Å². The Kier molecular flexibility index (Phi) is 3.66. The number of carbonyl (C=O) groups excluding carboxylic acids is 1. The maximum absolute atomic E-state index is 13.5. The molecule has 1 heterocycles. The van der Waals surface area contributed by atoms with E-state index in [1.54, 1.807) is 6.92 Å². The number of thiazole rings is 1. The van der Waals surface area contributed by atoms with E-state index in [-0.39, 0.29) is 10.8 Å². The van der Waals surface area contributed by atoms with E-state index in [1.807, 2.05) is 0 Å². The Morgan fingerprint density at radius 3 is 2.65 bits per heavy atom. The predicted octanol–water partition coefficient (Wildman–Crippen LogP) is 2.12. The second kappa shape index (κ2) is 5.25. The molecule has 2 rings (SSSR count). The van der Waals surface area contributed by atoms with Crippen LogP contribution >= 0.6 is 11.3 Å². The molecule has 20 heavy (non-hydrogen) atoms. The Morgan fingerprint density at radius 2 is 2.15 bits per heavy atom. The van der Waals surface area contributed by atoms with Gasteiger partial charge >= 0.3 is 5.97 Å². The van der Waals surface area contributed by atoms with Gasteiger partial charge in [0, 0.05) is 5.69 Å². The minimum Gasteiger partial charge on any atom is -0.478 e. The lowest BCUT2D eigenvalue weighted by Gasteiger charge is -2.05. The number of anilines is 2. The van der Waals surface area contributed by atoms with Gasteiger partial charge in [0.25, 0.3) is 5.91 Å². The number of hydrogen-bond donors (Lipinski definition) is 3. The smallest absolute Gasteiger partial charge is 0.338 e. The van der Waals surface area contributed by atoms with Crippen molar-refractivity contribution >= 4 is 34.0 Å². The number of rotatable bonds is 3. The van der Waals surface area contributed by atoms with Crippen LogP contribution in [0.2, 0.25) is 0 Å². The monoisotopic (exact) mass is 295 g/mol. The van der Waals surface area contributed by atoms with Crippen LogP contribution in [-0.2, 0) is 0 Å². The highest BCUT2D eigenvalue weighted by Crippen LogP contribution is 2.22. The Labute approximate surface area is 117 Å². The molecule has 0 atom stereocenters. The molecule has 2 aromatic rings. The Morgan fingerprint density at radius 1 is 1.45 bits per heavy atom. The summed E-state index contributed by atoms with van der Waals surface area (Å²) in [6.45, 7) is 1.63. The molecular weight excluding hydrogens is 285 g/mol. The first-order valence-corrected chi connectivity index (χ1v) is 6.27.